The van der Waals surface area contributed by atoms with Gasteiger partial charge in [0.2, 0.25) is 5.91 Å². The molecule has 1 aliphatic heterocycles. The fourth-order valence-electron chi connectivity index (χ4n) is 2.66. The Morgan fingerprint density at radius 3 is 2.84 bits per heavy atom. The zero-order chi connectivity index (χ0) is 13.6. The van der Waals surface area contributed by atoms with Gasteiger partial charge in [-0.25, -0.2) is 4.98 Å². The summed E-state index contributed by atoms with van der Waals surface area (Å²) in [4.78, 5) is 18.5. The van der Waals surface area contributed by atoms with Crippen molar-refractivity contribution in [1.82, 2.24) is 4.98 Å². The Hall–Kier alpha value is -2.10. The lowest BCUT2D eigenvalue weighted by Crippen LogP contribution is -2.30. The van der Waals surface area contributed by atoms with Crippen molar-refractivity contribution >= 4 is 28.3 Å². The lowest BCUT2D eigenvalue weighted by molar-refractivity contribution is -0.117. The van der Waals surface area contributed by atoms with E-state index in [-0.39, 0.29) is 5.91 Å². The number of amides is 1. The first-order chi connectivity index (χ1) is 9.08. The van der Waals surface area contributed by atoms with E-state index in [9.17, 15) is 4.79 Å². The van der Waals surface area contributed by atoms with Gasteiger partial charge in [0.05, 0.1) is 17.6 Å². The molecule has 0 bridgehead atoms. The molecule has 2 N–H and O–H groups in total. The van der Waals surface area contributed by atoms with E-state index in [4.69, 9.17) is 5.73 Å². The fraction of sp³-hybridized carbons (Fsp3) is 0.333. The first kappa shape index (κ1) is 12.0. The van der Waals surface area contributed by atoms with Crippen LogP contribution in [0, 0.1) is 5.92 Å². The number of nitrogens with zero attached hydrogens (tertiary/aromatic N) is 2. The molecular formula is C15H17N3O. The van der Waals surface area contributed by atoms with Crippen LogP contribution in [0.3, 0.4) is 0 Å². The number of carbonyl (C=O) groups is 1. The van der Waals surface area contributed by atoms with Gasteiger partial charge in [-0.05, 0) is 12.0 Å². The normalized spacial score (nSPS) is 14.5. The van der Waals surface area contributed by atoms with Crippen LogP contribution in [-0.2, 0) is 11.2 Å². The maximum atomic E-state index is 12.2. The van der Waals surface area contributed by atoms with Crippen LogP contribution in [0.2, 0.25) is 0 Å². The van der Waals surface area contributed by atoms with Crippen LogP contribution in [0.1, 0.15) is 19.4 Å². The summed E-state index contributed by atoms with van der Waals surface area (Å²) in [7, 11) is 0. The zero-order valence-electron chi connectivity index (χ0n) is 11.2. The number of benzene rings is 1. The number of para-hydroxylation sites is 1. The van der Waals surface area contributed by atoms with Gasteiger partial charge in [0.1, 0.15) is 5.82 Å². The van der Waals surface area contributed by atoms with E-state index in [0.717, 1.165) is 28.7 Å². The van der Waals surface area contributed by atoms with E-state index in [2.05, 4.69) is 18.8 Å². The van der Waals surface area contributed by atoms with E-state index in [0.29, 0.717) is 18.2 Å². The SMILES string of the molecule is CC(C)CN1C(=O)Cc2c(N)nc3ccccc3c21. The molecule has 1 aromatic heterocycles. The molecule has 0 saturated carbocycles. The summed E-state index contributed by atoms with van der Waals surface area (Å²) < 4.78 is 0. The monoisotopic (exact) mass is 255 g/mol. The van der Waals surface area contributed by atoms with E-state index >= 15 is 0 Å². The Kier molecular flexibility index (Phi) is 2.66. The Morgan fingerprint density at radius 2 is 2.11 bits per heavy atom. The molecule has 0 atom stereocenters. The molecule has 4 heteroatoms. The molecule has 0 unspecified atom stereocenters. The van der Waals surface area contributed by atoms with Crippen molar-refractivity contribution in [2.45, 2.75) is 20.3 Å². The van der Waals surface area contributed by atoms with Gasteiger partial charge in [-0.2, -0.15) is 0 Å². The second kappa shape index (κ2) is 4.23. The number of nitrogen functional groups attached to an aromatic ring is 1. The molecule has 1 aromatic carbocycles. The topological polar surface area (TPSA) is 59.2 Å². The summed E-state index contributed by atoms with van der Waals surface area (Å²) in [6.07, 6.45) is 0.367. The lowest BCUT2D eigenvalue weighted by Gasteiger charge is -2.21. The van der Waals surface area contributed by atoms with Crippen molar-refractivity contribution in [1.29, 1.82) is 0 Å². The summed E-state index contributed by atoms with van der Waals surface area (Å²) in [5.74, 6) is 1.02. The molecule has 0 spiro atoms. The highest BCUT2D eigenvalue weighted by atomic mass is 16.2. The molecule has 1 amide bonds. The molecule has 2 heterocycles. The van der Waals surface area contributed by atoms with Crippen molar-refractivity contribution in [2.75, 3.05) is 17.2 Å². The number of pyridine rings is 1. The Morgan fingerprint density at radius 1 is 1.37 bits per heavy atom. The molecule has 0 radical (unpaired) electrons. The Labute approximate surface area is 112 Å². The molecular weight excluding hydrogens is 238 g/mol. The number of anilines is 2. The molecule has 19 heavy (non-hydrogen) atoms. The average molecular weight is 255 g/mol. The first-order valence-corrected chi connectivity index (χ1v) is 6.55. The summed E-state index contributed by atoms with van der Waals surface area (Å²) in [6.45, 7) is 4.94. The van der Waals surface area contributed by atoms with Crippen molar-refractivity contribution in [3.63, 3.8) is 0 Å². The minimum Gasteiger partial charge on any atom is -0.383 e. The number of rotatable bonds is 2. The largest absolute Gasteiger partial charge is 0.383 e. The predicted molar refractivity (Wildman–Crippen MR) is 77.1 cm³/mol. The zero-order valence-corrected chi connectivity index (χ0v) is 11.2. The van der Waals surface area contributed by atoms with Crippen LogP contribution < -0.4 is 10.6 Å². The standard InChI is InChI=1S/C15H17N3O/c1-9(2)8-18-13(19)7-11-14(18)10-5-3-4-6-12(10)17-15(11)16/h3-6,9H,7-8H2,1-2H3,(H2,16,17). The molecule has 1 aliphatic rings. The second-order valence-electron chi connectivity index (χ2n) is 5.42. The minimum absolute atomic E-state index is 0.119. The average Bonchev–Trinajstić information content (AvgIpc) is 2.68. The summed E-state index contributed by atoms with van der Waals surface area (Å²) >= 11 is 0. The van der Waals surface area contributed by atoms with Gasteiger partial charge in [0.25, 0.3) is 0 Å². The highest BCUT2D eigenvalue weighted by molar-refractivity contribution is 6.11. The molecule has 98 valence electrons. The van der Waals surface area contributed by atoms with Gasteiger partial charge in [-0.15, -0.1) is 0 Å². The van der Waals surface area contributed by atoms with E-state index in [1.807, 2.05) is 29.2 Å². The lowest BCUT2D eigenvalue weighted by atomic mass is 10.1. The number of fused-ring (bicyclic) bond motifs is 3. The molecule has 0 saturated heterocycles. The predicted octanol–water partition coefficient (Wildman–Crippen LogP) is 2.36. The van der Waals surface area contributed by atoms with Gasteiger partial charge in [-0.1, -0.05) is 32.0 Å². The van der Waals surface area contributed by atoms with Crippen LogP contribution >= 0.6 is 0 Å². The smallest absolute Gasteiger partial charge is 0.231 e. The van der Waals surface area contributed by atoms with Gasteiger partial charge >= 0.3 is 0 Å². The van der Waals surface area contributed by atoms with Gasteiger partial charge < -0.3 is 10.6 Å². The molecule has 0 fully saturated rings. The van der Waals surface area contributed by atoms with Gasteiger partial charge in [0.15, 0.2) is 0 Å². The van der Waals surface area contributed by atoms with Crippen LogP contribution in [-0.4, -0.2) is 17.4 Å². The summed E-state index contributed by atoms with van der Waals surface area (Å²) in [5, 5.41) is 1.01. The van der Waals surface area contributed by atoms with Crippen LogP contribution in [0.15, 0.2) is 24.3 Å². The van der Waals surface area contributed by atoms with Crippen LogP contribution in [0.4, 0.5) is 11.5 Å². The van der Waals surface area contributed by atoms with Crippen LogP contribution in [0.5, 0.6) is 0 Å². The first-order valence-electron chi connectivity index (χ1n) is 6.55. The highest BCUT2D eigenvalue weighted by Gasteiger charge is 2.31. The minimum atomic E-state index is 0.119. The summed E-state index contributed by atoms with van der Waals surface area (Å²) in [5.41, 5.74) is 8.69. The van der Waals surface area contributed by atoms with Crippen molar-refractivity contribution in [3.8, 4) is 0 Å². The second-order valence-corrected chi connectivity index (χ2v) is 5.42. The van der Waals surface area contributed by atoms with E-state index < -0.39 is 0 Å². The van der Waals surface area contributed by atoms with Crippen molar-refractivity contribution in [3.05, 3.63) is 29.8 Å². The summed E-state index contributed by atoms with van der Waals surface area (Å²) in [6, 6.07) is 7.84. The number of hydrogen-bond donors (Lipinski definition) is 1. The van der Waals surface area contributed by atoms with Gasteiger partial charge in [0, 0.05) is 17.5 Å². The third-order valence-corrected chi connectivity index (χ3v) is 3.44. The van der Waals surface area contributed by atoms with E-state index in [1.54, 1.807) is 0 Å². The van der Waals surface area contributed by atoms with E-state index in [1.165, 1.54) is 0 Å². The van der Waals surface area contributed by atoms with Crippen molar-refractivity contribution < 1.29 is 4.79 Å². The molecule has 4 nitrogen and oxygen atoms in total. The van der Waals surface area contributed by atoms with Gasteiger partial charge in [-0.3, -0.25) is 4.79 Å². The van der Waals surface area contributed by atoms with Crippen LogP contribution in [0.25, 0.3) is 10.9 Å². The number of hydrogen-bond acceptors (Lipinski definition) is 3. The maximum Gasteiger partial charge on any atom is 0.231 e. The molecule has 3 rings (SSSR count). The fourth-order valence-corrected chi connectivity index (χ4v) is 2.66. The Bertz CT molecular complexity index is 664. The highest BCUT2D eigenvalue weighted by Crippen LogP contribution is 2.38. The molecule has 0 aliphatic carbocycles. The third-order valence-electron chi connectivity index (χ3n) is 3.44. The van der Waals surface area contributed by atoms with Crippen molar-refractivity contribution in [2.24, 2.45) is 5.92 Å². The Balaban J connectivity index is 2.26. The molecule has 2 aromatic rings. The maximum absolute atomic E-state index is 12.2. The quantitative estimate of drug-likeness (QED) is 0.896. The third kappa shape index (κ3) is 1.84. The number of carbonyl (C=O) groups excluding carboxylic acids is 1. The number of aromatic nitrogens is 1. The number of nitrogens with two attached hydrogens (primary N) is 1.